The van der Waals surface area contributed by atoms with Gasteiger partial charge in [0, 0.05) is 12.0 Å². The van der Waals surface area contributed by atoms with Crippen molar-refractivity contribution in [2.75, 3.05) is 5.32 Å². The number of hydrogen-bond donors (Lipinski definition) is 1. The molecule has 23 heavy (non-hydrogen) atoms. The molecular weight excluding hydrogens is 302 g/mol. The van der Waals surface area contributed by atoms with Gasteiger partial charge in [-0.15, -0.1) is 0 Å². The molecule has 1 aliphatic rings. The number of nitrogens with zero attached hydrogens (tertiary/aromatic N) is 1. The standard InChI is InChI=1S/C17H16F2N2O2/c1-17(2)8-12(17)16(22)21-15-6-4-11(9-20-15)23-10-3-5-13(18)14(19)7-10/h3-7,9,12H,8H2,1-2H3,(H,20,21,22)/t12-/m1/s1. The minimum Gasteiger partial charge on any atom is -0.456 e. The maximum absolute atomic E-state index is 13.1. The average Bonchev–Trinajstić information content (AvgIpc) is 3.14. The van der Waals surface area contributed by atoms with Crippen LogP contribution in [0.3, 0.4) is 0 Å². The molecule has 1 N–H and O–H groups in total. The Balaban J connectivity index is 1.63. The predicted molar refractivity (Wildman–Crippen MR) is 81.2 cm³/mol. The van der Waals surface area contributed by atoms with Gasteiger partial charge in [0.25, 0.3) is 0 Å². The van der Waals surface area contributed by atoms with Crippen LogP contribution in [0, 0.1) is 23.0 Å². The van der Waals surface area contributed by atoms with Crippen molar-refractivity contribution in [3.05, 3.63) is 48.2 Å². The van der Waals surface area contributed by atoms with Gasteiger partial charge in [-0.2, -0.15) is 0 Å². The number of aromatic nitrogens is 1. The fourth-order valence-electron chi connectivity index (χ4n) is 2.32. The summed E-state index contributed by atoms with van der Waals surface area (Å²) in [5.41, 5.74) is 0.0553. The molecule has 0 unspecified atom stereocenters. The number of halogens is 2. The quantitative estimate of drug-likeness (QED) is 0.922. The molecule has 1 heterocycles. The highest BCUT2D eigenvalue weighted by Gasteiger charge is 2.50. The van der Waals surface area contributed by atoms with Crippen LogP contribution in [0.5, 0.6) is 11.5 Å². The lowest BCUT2D eigenvalue weighted by molar-refractivity contribution is -0.118. The molecule has 0 saturated heterocycles. The number of rotatable bonds is 4. The molecule has 1 aliphatic carbocycles. The molecule has 6 heteroatoms. The highest BCUT2D eigenvalue weighted by atomic mass is 19.2. The molecule has 2 aromatic rings. The Morgan fingerprint density at radius 2 is 1.91 bits per heavy atom. The topological polar surface area (TPSA) is 51.2 Å². The summed E-state index contributed by atoms with van der Waals surface area (Å²) in [7, 11) is 0. The minimum atomic E-state index is -0.980. The highest BCUT2D eigenvalue weighted by molar-refractivity contribution is 5.94. The third-order valence-corrected chi connectivity index (χ3v) is 3.94. The zero-order valence-electron chi connectivity index (χ0n) is 12.8. The maximum Gasteiger partial charge on any atom is 0.229 e. The van der Waals surface area contributed by atoms with Gasteiger partial charge in [-0.1, -0.05) is 13.8 Å². The second-order valence-corrected chi connectivity index (χ2v) is 6.29. The van der Waals surface area contributed by atoms with Crippen LogP contribution >= 0.6 is 0 Å². The van der Waals surface area contributed by atoms with Crippen molar-refractivity contribution in [2.45, 2.75) is 20.3 Å². The number of pyridine rings is 1. The summed E-state index contributed by atoms with van der Waals surface area (Å²) in [6.45, 7) is 4.09. The Morgan fingerprint density at radius 3 is 2.48 bits per heavy atom. The van der Waals surface area contributed by atoms with Crippen molar-refractivity contribution in [3.63, 3.8) is 0 Å². The molecule has 1 aromatic heterocycles. The average molecular weight is 318 g/mol. The largest absolute Gasteiger partial charge is 0.456 e. The molecular formula is C17H16F2N2O2. The van der Waals surface area contributed by atoms with E-state index in [0.717, 1.165) is 18.6 Å². The van der Waals surface area contributed by atoms with Gasteiger partial charge < -0.3 is 10.1 Å². The van der Waals surface area contributed by atoms with Crippen LogP contribution in [0.1, 0.15) is 20.3 Å². The summed E-state index contributed by atoms with van der Waals surface area (Å²) in [6.07, 6.45) is 2.28. The number of ether oxygens (including phenoxy) is 1. The van der Waals surface area contributed by atoms with Crippen molar-refractivity contribution in [2.24, 2.45) is 11.3 Å². The van der Waals surface area contributed by atoms with E-state index in [1.165, 1.54) is 12.3 Å². The Kier molecular flexibility index (Phi) is 3.75. The zero-order chi connectivity index (χ0) is 16.6. The zero-order valence-corrected chi connectivity index (χ0v) is 12.8. The van der Waals surface area contributed by atoms with Crippen LogP contribution in [0.2, 0.25) is 0 Å². The smallest absolute Gasteiger partial charge is 0.229 e. The second-order valence-electron chi connectivity index (χ2n) is 6.29. The van der Waals surface area contributed by atoms with Gasteiger partial charge in [0.15, 0.2) is 11.6 Å². The third kappa shape index (κ3) is 3.47. The molecule has 1 aromatic carbocycles. The van der Waals surface area contributed by atoms with Crippen LogP contribution in [0.15, 0.2) is 36.5 Å². The lowest BCUT2D eigenvalue weighted by Crippen LogP contribution is -2.17. The number of nitrogens with one attached hydrogen (secondary N) is 1. The number of benzene rings is 1. The normalized spacial score (nSPS) is 18.3. The van der Waals surface area contributed by atoms with Gasteiger partial charge in [-0.25, -0.2) is 13.8 Å². The van der Waals surface area contributed by atoms with E-state index >= 15 is 0 Å². The summed E-state index contributed by atoms with van der Waals surface area (Å²) < 4.78 is 31.4. The van der Waals surface area contributed by atoms with E-state index in [4.69, 9.17) is 4.74 Å². The fraction of sp³-hybridized carbons (Fsp3) is 0.294. The monoisotopic (exact) mass is 318 g/mol. The van der Waals surface area contributed by atoms with E-state index < -0.39 is 11.6 Å². The van der Waals surface area contributed by atoms with Crippen LogP contribution in [0.4, 0.5) is 14.6 Å². The van der Waals surface area contributed by atoms with Gasteiger partial charge in [-0.05, 0) is 36.1 Å². The first-order valence-electron chi connectivity index (χ1n) is 7.25. The summed E-state index contributed by atoms with van der Waals surface area (Å²) in [5.74, 6) is -0.986. The van der Waals surface area contributed by atoms with Crippen molar-refractivity contribution >= 4 is 11.7 Å². The molecule has 1 atom stereocenters. The number of hydrogen-bond acceptors (Lipinski definition) is 3. The summed E-state index contributed by atoms with van der Waals surface area (Å²) in [4.78, 5) is 16.1. The van der Waals surface area contributed by atoms with E-state index in [1.807, 2.05) is 13.8 Å². The third-order valence-electron chi connectivity index (χ3n) is 3.94. The Hall–Kier alpha value is -2.50. The second kappa shape index (κ2) is 5.61. The van der Waals surface area contributed by atoms with Crippen molar-refractivity contribution < 1.29 is 18.3 Å². The van der Waals surface area contributed by atoms with Gasteiger partial charge >= 0.3 is 0 Å². The molecule has 0 bridgehead atoms. The number of carbonyl (C=O) groups excluding carboxylic acids is 1. The minimum absolute atomic E-state index is 0.0161. The summed E-state index contributed by atoms with van der Waals surface area (Å²) >= 11 is 0. The molecule has 0 spiro atoms. The van der Waals surface area contributed by atoms with E-state index in [9.17, 15) is 13.6 Å². The van der Waals surface area contributed by atoms with Crippen LogP contribution in [0.25, 0.3) is 0 Å². The van der Waals surface area contributed by atoms with Gasteiger partial charge in [-0.3, -0.25) is 4.79 Å². The van der Waals surface area contributed by atoms with Gasteiger partial charge in [0.2, 0.25) is 5.91 Å². The highest BCUT2D eigenvalue weighted by Crippen LogP contribution is 2.51. The molecule has 120 valence electrons. The van der Waals surface area contributed by atoms with E-state index in [1.54, 1.807) is 12.1 Å². The van der Waals surface area contributed by atoms with E-state index in [0.29, 0.717) is 11.6 Å². The van der Waals surface area contributed by atoms with E-state index in [-0.39, 0.29) is 23.0 Å². The fourth-order valence-corrected chi connectivity index (χ4v) is 2.32. The lowest BCUT2D eigenvalue weighted by Gasteiger charge is -2.08. The summed E-state index contributed by atoms with van der Waals surface area (Å²) in [5, 5.41) is 2.75. The summed E-state index contributed by atoms with van der Waals surface area (Å²) in [6, 6.07) is 6.47. The maximum atomic E-state index is 13.1. The van der Waals surface area contributed by atoms with Crippen molar-refractivity contribution in [1.82, 2.24) is 4.98 Å². The van der Waals surface area contributed by atoms with E-state index in [2.05, 4.69) is 10.3 Å². The number of carbonyl (C=O) groups is 1. The number of anilines is 1. The predicted octanol–water partition coefficient (Wildman–Crippen LogP) is 4.14. The van der Waals surface area contributed by atoms with Gasteiger partial charge in [0.1, 0.15) is 17.3 Å². The van der Waals surface area contributed by atoms with Crippen molar-refractivity contribution in [1.29, 1.82) is 0 Å². The van der Waals surface area contributed by atoms with Crippen LogP contribution in [-0.2, 0) is 4.79 Å². The first-order valence-corrected chi connectivity index (χ1v) is 7.25. The first-order chi connectivity index (χ1) is 10.8. The SMILES string of the molecule is CC1(C)C[C@@H]1C(=O)Nc1ccc(Oc2ccc(F)c(F)c2)cn1. The van der Waals surface area contributed by atoms with Gasteiger partial charge in [0.05, 0.1) is 6.20 Å². The Labute approximate surface area is 132 Å². The molecule has 3 rings (SSSR count). The molecule has 0 radical (unpaired) electrons. The Morgan fingerprint density at radius 1 is 1.22 bits per heavy atom. The lowest BCUT2D eigenvalue weighted by atomic mass is 10.1. The van der Waals surface area contributed by atoms with Crippen LogP contribution < -0.4 is 10.1 Å². The van der Waals surface area contributed by atoms with Crippen molar-refractivity contribution in [3.8, 4) is 11.5 Å². The molecule has 1 amide bonds. The molecule has 1 saturated carbocycles. The number of amides is 1. The molecule has 4 nitrogen and oxygen atoms in total. The van der Waals surface area contributed by atoms with Crippen LogP contribution in [-0.4, -0.2) is 10.9 Å². The molecule has 0 aliphatic heterocycles. The Bertz CT molecular complexity index is 745. The first kappa shape index (κ1) is 15.4. The molecule has 1 fully saturated rings.